The van der Waals surface area contributed by atoms with E-state index in [1.165, 1.54) is 0 Å². The van der Waals surface area contributed by atoms with E-state index < -0.39 is 0 Å². The van der Waals surface area contributed by atoms with Gasteiger partial charge in [0.05, 0.1) is 14.2 Å². The van der Waals surface area contributed by atoms with Crippen molar-refractivity contribution in [1.29, 1.82) is 0 Å². The molecule has 0 spiro atoms. The third-order valence-corrected chi connectivity index (χ3v) is 3.57. The first-order chi connectivity index (χ1) is 11.5. The van der Waals surface area contributed by atoms with Gasteiger partial charge in [-0.3, -0.25) is 4.79 Å². The van der Waals surface area contributed by atoms with Gasteiger partial charge in [-0.25, -0.2) is 0 Å². The lowest BCUT2D eigenvalue weighted by molar-refractivity contribution is -0.115. The first-order valence-electron chi connectivity index (χ1n) is 7.86. The second-order valence-electron chi connectivity index (χ2n) is 5.67. The van der Waals surface area contributed by atoms with Crippen molar-refractivity contribution in [2.24, 2.45) is 0 Å². The van der Waals surface area contributed by atoms with Crippen LogP contribution >= 0.6 is 0 Å². The predicted molar refractivity (Wildman–Crippen MR) is 97.2 cm³/mol. The Morgan fingerprint density at radius 1 is 0.917 bits per heavy atom. The molecule has 2 rings (SSSR count). The number of methoxy groups -OCH3 is 2. The average molecular weight is 328 g/mol. The lowest BCUT2D eigenvalue weighted by Gasteiger charge is -2.11. The van der Waals surface area contributed by atoms with Crippen LogP contribution in [-0.4, -0.2) is 26.7 Å². The number of hydrogen-bond donors (Lipinski definition) is 2. The van der Waals surface area contributed by atoms with Crippen molar-refractivity contribution >= 4 is 17.3 Å². The molecule has 0 aliphatic heterocycles. The SMILES string of the molecule is COc1ccc(NCCC(=O)Nc2cc(C)cc(C)c2)cc1OC. The van der Waals surface area contributed by atoms with E-state index in [9.17, 15) is 4.79 Å². The molecule has 2 aromatic rings. The summed E-state index contributed by atoms with van der Waals surface area (Å²) in [4.78, 5) is 12.1. The van der Waals surface area contributed by atoms with Gasteiger partial charge in [-0.2, -0.15) is 0 Å². The molecule has 0 saturated heterocycles. The fraction of sp³-hybridized carbons (Fsp3) is 0.316. The highest BCUT2D eigenvalue weighted by Gasteiger charge is 2.06. The zero-order chi connectivity index (χ0) is 17.5. The van der Waals surface area contributed by atoms with Gasteiger partial charge in [0, 0.05) is 30.4 Å². The van der Waals surface area contributed by atoms with Crippen molar-refractivity contribution in [2.75, 3.05) is 31.4 Å². The van der Waals surface area contributed by atoms with Crippen LogP contribution in [0.1, 0.15) is 17.5 Å². The third-order valence-electron chi connectivity index (χ3n) is 3.57. The number of nitrogens with one attached hydrogen (secondary N) is 2. The largest absolute Gasteiger partial charge is 0.493 e. The summed E-state index contributed by atoms with van der Waals surface area (Å²) in [5, 5.41) is 6.14. The van der Waals surface area contributed by atoms with E-state index in [0.717, 1.165) is 22.5 Å². The fourth-order valence-corrected chi connectivity index (χ4v) is 2.54. The molecular formula is C19H24N2O3. The molecule has 0 fully saturated rings. The maximum absolute atomic E-state index is 12.1. The molecule has 2 aromatic carbocycles. The van der Waals surface area contributed by atoms with E-state index in [-0.39, 0.29) is 5.91 Å². The van der Waals surface area contributed by atoms with Gasteiger partial charge in [0.1, 0.15) is 0 Å². The lowest BCUT2D eigenvalue weighted by atomic mass is 10.1. The summed E-state index contributed by atoms with van der Waals surface area (Å²) in [5.74, 6) is 1.31. The smallest absolute Gasteiger partial charge is 0.226 e. The van der Waals surface area contributed by atoms with Gasteiger partial charge in [-0.1, -0.05) is 6.07 Å². The Balaban J connectivity index is 1.86. The van der Waals surface area contributed by atoms with Crippen molar-refractivity contribution in [3.05, 3.63) is 47.5 Å². The van der Waals surface area contributed by atoms with Gasteiger partial charge in [0.2, 0.25) is 5.91 Å². The fourth-order valence-electron chi connectivity index (χ4n) is 2.54. The molecule has 0 aromatic heterocycles. The molecule has 128 valence electrons. The average Bonchev–Trinajstić information content (AvgIpc) is 2.53. The van der Waals surface area contributed by atoms with Gasteiger partial charge in [-0.15, -0.1) is 0 Å². The summed E-state index contributed by atoms with van der Waals surface area (Å²) in [7, 11) is 3.20. The predicted octanol–water partition coefficient (Wildman–Crippen LogP) is 3.76. The first kappa shape index (κ1) is 17.7. The lowest BCUT2D eigenvalue weighted by Crippen LogP contribution is -2.16. The molecule has 0 aliphatic rings. The van der Waals surface area contributed by atoms with Gasteiger partial charge in [0.15, 0.2) is 11.5 Å². The highest BCUT2D eigenvalue weighted by atomic mass is 16.5. The van der Waals surface area contributed by atoms with E-state index >= 15 is 0 Å². The number of anilines is 2. The Kier molecular flexibility index (Phi) is 6.07. The normalized spacial score (nSPS) is 10.2. The van der Waals surface area contributed by atoms with Gasteiger partial charge >= 0.3 is 0 Å². The molecule has 0 heterocycles. The van der Waals surface area contributed by atoms with Crippen molar-refractivity contribution in [1.82, 2.24) is 0 Å². The molecular weight excluding hydrogens is 304 g/mol. The maximum atomic E-state index is 12.1. The molecule has 5 heteroatoms. The van der Waals surface area contributed by atoms with E-state index in [4.69, 9.17) is 9.47 Å². The van der Waals surface area contributed by atoms with Crippen LogP contribution in [0.4, 0.5) is 11.4 Å². The monoisotopic (exact) mass is 328 g/mol. The molecule has 0 unspecified atom stereocenters. The minimum atomic E-state index is -0.0204. The Morgan fingerprint density at radius 3 is 2.21 bits per heavy atom. The molecule has 0 bridgehead atoms. The number of hydrogen-bond acceptors (Lipinski definition) is 4. The maximum Gasteiger partial charge on any atom is 0.226 e. The highest BCUT2D eigenvalue weighted by molar-refractivity contribution is 5.91. The summed E-state index contributed by atoms with van der Waals surface area (Å²) in [6.07, 6.45) is 0.376. The Morgan fingerprint density at radius 2 is 1.58 bits per heavy atom. The number of aryl methyl sites for hydroxylation is 2. The summed E-state index contributed by atoms with van der Waals surface area (Å²) in [6.45, 7) is 4.56. The van der Waals surface area contributed by atoms with Crippen LogP contribution in [0, 0.1) is 13.8 Å². The minimum Gasteiger partial charge on any atom is -0.493 e. The Labute approximate surface area is 143 Å². The molecule has 0 atom stereocenters. The van der Waals surface area contributed by atoms with Gasteiger partial charge < -0.3 is 20.1 Å². The molecule has 5 nitrogen and oxygen atoms in total. The Hall–Kier alpha value is -2.69. The van der Waals surface area contributed by atoms with Gasteiger partial charge in [0.25, 0.3) is 0 Å². The summed E-state index contributed by atoms with van der Waals surface area (Å²) >= 11 is 0. The van der Waals surface area contributed by atoms with Crippen molar-refractivity contribution < 1.29 is 14.3 Å². The molecule has 1 amide bonds. The second-order valence-corrected chi connectivity index (χ2v) is 5.67. The van der Waals surface area contributed by atoms with Crippen LogP contribution < -0.4 is 20.1 Å². The van der Waals surface area contributed by atoms with E-state index in [1.807, 2.05) is 44.2 Å². The number of carbonyl (C=O) groups excluding carboxylic acids is 1. The standard InChI is InChI=1S/C19H24N2O3/c1-13-9-14(2)11-16(10-13)21-19(22)7-8-20-15-5-6-17(23-3)18(12-15)24-4/h5-6,9-12,20H,7-8H2,1-4H3,(H,21,22). The summed E-state index contributed by atoms with van der Waals surface area (Å²) < 4.78 is 10.5. The molecule has 0 saturated carbocycles. The first-order valence-corrected chi connectivity index (χ1v) is 7.86. The molecule has 24 heavy (non-hydrogen) atoms. The number of ether oxygens (including phenoxy) is 2. The number of benzene rings is 2. The van der Waals surface area contributed by atoms with E-state index in [2.05, 4.69) is 16.7 Å². The van der Waals surface area contributed by atoms with E-state index in [1.54, 1.807) is 14.2 Å². The van der Waals surface area contributed by atoms with Crippen LogP contribution in [0.2, 0.25) is 0 Å². The van der Waals surface area contributed by atoms with Crippen LogP contribution in [0.5, 0.6) is 11.5 Å². The van der Waals surface area contributed by atoms with Crippen molar-refractivity contribution in [3.63, 3.8) is 0 Å². The minimum absolute atomic E-state index is 0.0204. The van der Waals surface area contributed by atoms with Crippen LogP contribution in [-0.2, 0) is 4.79 Å². The van der Waals surface area contributed by atoms with Crippen molar-refractivity contribution in [3.8, 4) is 11.5 Å². The summed E-state index contributed by atoms with van der Waals surface area (Å²) in [6, 6.07) is 11.6. The quantitative estimate of drug-likeness (QED) is 0.812. The number of carbonyl (C=O) groups is 1. The Bertz CT molecular complexity index is 694. The molecule has 0 radical (unpaired) electrons. The van der Waals surface area contributed by atoms with Crippen LogP contribution in [0.3, 0.4) is 0 Å². The summed E-state index contributed by atoms with van der Waals surface area (Å²) in [5.41, 5.74) is 3.98. The topological polar surface area (TPSA) is 59.6 Å². The van der Waals surface area contributed by atoms with Gasteiger partial charge in [-0.05, 0) is 49.2 Å². The molecule has 2 N–H and O–H groups in total. The number of amides is 1. The van der Waals surface area contributed by atoms with Crippen LogP contribution in [0.25, 0.3) is 0 Å². The van der Waals surface area contributed by atoms with E-state index in [0.29, 0.717) is 24.5 Å². The zero-order valence-electron chi connectivity index (χ0n) is 14.6. The van der Waals surface area contributed by atoms with Crippen LogP contribution in [0.15, 0.2) is 36.4 Å². The number of rotatable bonds is 7. The zero-order valence-corrected chi connectivity index (χ0v) is 14.6. The third kappa shape index (κ3) is 4.91. The second kappa shape index (κ2) is 8.24. The molecule has 0 aliphatic carbocycles. The van der Waals surface area contributed by atoms with Crippen molar-refractivity contribution in [2.45, 2.75) is 20.3 Å². The highest BCUT2D eigenvalue weighted by Crippen LogP contribution is 2.29.